The van der Waals surface area contributed by atoms with Crippen LogP contribution < -0.4 is 10.6 Å². The van der Waals surface area contributed by atoms with Crippen LogP contribution in [0.25, 0.3) is 0 Å². The minimum absolute atomic E-state index is 0.0307. The van der Waals surface area contributed by atoms with Crippen molar-refractivity contribution >= 4 is 5.91 Å². The van der Waals surface area contributed by atoms with Gasteiger partial charge < -0.3 is 10.6 Å². The molecule has 0 bridgehead atoms. The van der Waals surface area contributed by atoms with Gasteiger partial charge >= 0.3 is 0 Å². The molecule has 1 aliphatic heterocycles. The van der Waals surface area contributed by atoms with Crippen molar-refractivity contribution in [3.8, 4) is 0 Å². The number of nitrogens with one attached hydrogen (secondary N) is 2. The Morgan fingerprint density at radius 2 is 2.19 bits per heavy atom. The van der Waals surface area contributed by atoms with E-state index in [-0.39, 0.29) is 5.91 Å². The van der Waals surface area contributed by atoms with Crippen molar-refractivity contribution in [1.29, 1.82) is 0 Å². The number of benzene rings is 1. The maximum atomic E-state index is 13.0. The number of carbonyl (C=O) groups excluding carboxylic acids is 1. The van der Waals surface area contributed by atoms with Gasteiger partial charge in [0.05, 0.1) is 0 Å². The van der Waals surface area contributed by atoms with E-state index in [1.165, 1.54) is 6.07 Å². The molecule has 0 aromatic heterocycles. The maximum absolute atomic E-state index is 13.0. The van der Waals surface area contributed by atoms with Crippen molar-refractivity contribution in [2.75, 3.05) is 19.6 Å². The quantitative estimate of drug-likeness (QED) is 0.846. The average Bonchev–Trinajstić information content (AvgIpc) is 2.50. The van der Waals surface area contributed by atoms with Gasteiger partial charge in [-0.3, -0.25) is 4.79 Å². The highest BCUT2D eigenvalue weighted by molar-refractivity contribution is 5.75. The predicted octanol–water partition coefficient (Wildman–Crippen LogP) is 2.40. The van der Waals surface area contributed by atoms with E-state index in [0.717, 1.165) is 44.1 Å². The molecule has 2 N–H and O–H groups in total. The third-order valence-electron chi connectivity index (χ3n) is 3.84. The summed E-state index contributed by atoms with van der Waals surface area (Å²) in [4.78, 5) is 11.7. The van der Waals surface area contributed by atoms with E-state index >= 15 is 0 Å². The van der Waals surface area contributed by atoms with Crippen molar-refractivity contribution in [2.24, 2.45) is 5.92 Å². The molecule has 1 aromatic carbocycles. The molecule has 1 saturated heterocycles. The van der Waals surface area contributed by atoms with Gasteiger partial charge in [-0.1, -0.05) is 6.07 Å². The van der Waals surface area contributed by atoms with Crippen LogP contribution in [0.1, 0.15) is 31.2 Å². The van der Waals surface area contributed by atoms with Crippen LogP contribution in [0.4, 0.5) is 8.78 Å². The van der Waals surface area contributed by atoms with Gasteiger partial charge in [0.25, 0.3) is 0 Å². The highest BCUT2D eigenvalue weighted by Crippen LogP contribution is 2.11. The number of hydrogen-bond donors (Lipinski definition) is 2. The molecule has 1 heterocycles. The Morgan fingerprint density at radius 3 is 2.90 bits per heavy atom. The number of aryl methyl sites for hydroxylation is 1. The zero-order chi connectivity index (χ0) is 15.1. The molecular weight excluding hydrogens is 274 g/mol. The molecular formula is C16H22F2N2O. The molecule has 1 aliphatic rings. The van der Waals surface area contributed by atoms with Gasteiger partial charge in [0.15, 0.2) is 11.6 Å². The van der Waals surface area contributed by atoms with Gasteiger partial charge in [0.1, 0.15) is 0 Å². The lowest BCUT2D eigenvalue weighted by Gasteiger charge is -2.22. The number of hydrogen-bond acceptors (Lipinski definition) is 2. The molecule has 1 fully saturated rings. The second-order valence-corrected chi connectivity index (χ2v) is 5.62. The van der Waals surface area contributed by atoms with E-state index < -0.39 is 11.6 Å². The number of rotatable bonds is 6. The van der Waals surface area contributed by atoms with E-state index in [9.17, 15) is 13.6 Å². The molecule has 1 atom stereocenters. The Balaban J connectivity index is 1.63. The summed E-state index contributed by atoms with van der Waals surface area (Å²) in [5.41, 5.74) is 0.721. The van der Waals surface area contributed by atoms with E-state index in [2.05, 4.69) is 10.6 Å². The van der Waals surface area contributed by atoms with Crippen LogP contribution in [0.15, 0.2) is 18.2 Å². The van der Waals surface area contributed by atoms with Crippen LogP contribution in [0, 0.1) is 17.6 Å². The maximum Gasteiger partial charge on any atom is 0.220 e. The fourth-order valence-corrected chi connectivity index (χ4v) is 2.59. The van der Waals surface area contributed by atoms with Crippen LogP contribution in [-0.2, 0) is 11.2 Å². The molecule has 3 nitrogen and oxygen atoms in total. The van der Waals surface area contributed by atoms with Crippen molar-refractivity contribution in [3.63, 3.8) is 0 Å². The fraction of sp³-hybridized carbons (Fsp3) is 0.562. The fourth-order valence-electron chi connectivity index (χ4n) is 2.59. The lowest BCUT2D eigenvalue weighted by Crippen LogP contribution is -2.38. The largest absolute Gasteiger partial charge is 0.356 e. The highest BCUT2D eigenvalue weighted by atomic mass is 19.2. The van der Waals surface area contributed by atoms with E-state index in [0.29, 0.717) is 25.2 Å². The summed E-state index contributed by atoms with van der Waals surface area (Å²) < 4.78 is 25.8. The summed E-state index contributed by atoms with van der Waals surface area (Å²) in [5, 5.41) is 6.26. The van der Waals surface area contributed by atoms with Crippen molar-refractivity contribution in [2.45, 2.75) is 32.1 Å². The standard InChI is InChI=1S/C16H22F2N2O/c17-14-7-6-12(9-15(14)18)3-1-5-16(21)20-11-13-4-2-8-19-10-13/h6-7,9,13,19H,1-5,8,10-11H2,(H,20,21). The number of piperidine rings is 1. The molecule has 116 valence electrons. The molecule has 21 heavy (non-hydrogen) atoms. The molecule has 0 spiro atoms. The lowest BCUT2D eigenvalue weighted by molar-refractivity contribution is -0.121. The molecule has 2 rings (SSSR count). The van der Waals surface area contributed by atoms with Crippen molar-refractivity contribution in [1.82, 2.24) is 10.6 Å². The van der Waals surface area contributed by atoms with E-state index in [1.54, 1.807) is 6.07 Å². The topological polar surface area (TPSA) is 41.1 Å². The number of carbonyl (C=O) groups is 1. The summed E-state index contributed by atoms with van der Waals surface area (Å²) in [7, 11) is 0. The Labute approximate surface area is 124 Å². The third-order valence-corrected chi connectivity index (χ3v) is 3.84. The average molecular weight is 296 g/mol. The Kier molecular flexibility index (Phi) is 6.11. The van der Waals surface area contributed by atoms with E-state index in [1.807, 2.05) is 0 Å². The normalized spacial score (nSPS) is 18.5. The minimum Gasteiger partial charge on any atom is -0.356 e. The SMILES string of the molecule is O=C(CCCc1ccc(F)c(F)c1)NCC1CCCNC1. The van der Waals surface area contributed by atoms with Gasteiger partial charge in [-0.05, 0) is 62.4 Å². The molecule has 0 saturated carbocycles. The van der Waals surface area contributed by atoms with Gasteiger partial charge in [0, 0.05) is 13.0 Å². The zero-order valence-electron chi connectivity index (χ0n) is 12.1. The summed E-state index contributed by atoms with van der Waals surface area (Å²) in [6, 6.07) is 3.88. The van der Waals surface area contributed by atoms with Crippen LogP contribution >= 0.6 is 0 Å². The van der Waals surface area contributed by atoms with Gasteiger partial charge in [-0.15, -0.1) is 0 Å². The minimum atomic E-state index is -0.836. The summed E-state index contributed by atoms with van der Waals surface area (Å²) in [6.45, 7) is 2.75. The Hall–Kier alpha value is -1.49. The second-order valence-electron chi connectivity index (χ2n) is 5.62. The van der Waals surface area contributed by atoms with Gasteiger partial charge in [-0.2, -0.15) is 0 Å². The molecule has 1 aromatic rings. The highest BCUT2D eigenvalue weighted by Gasteiger charge is 2.13. The zero-order valence-corrected chi connectivity index (χ0v) is 12.1. The summed E-state index contributed by atoms with van der Waals surface area (Å²) in [6.07, 6.45) is 3.95. The number of amides is 1. The second kappa shape index (κ2) is 8.08. The first-order valence-corrected chi connectivity index (χ1v) is 7.56. The summed E-state index contributed by atoms with van der Waals surface area (Å²) in [5.74, 6) is -1.11. The van der Waals surface area contributed by atoms with Crippen molar-refractivity contribution in [3.05, 3.63) is 35.4 Å². The molecule has 5 heteroatoms. The lowest BCUT2D eigenvalue weighted by atomic mass is 10.00. The molecule has 1 unspecified atom stereocenters. The third kappa shape index (κ3) is 5.42. The van der Waals surface area contributed by atoms with Crippen LogP contribution in [0.3, 0.4) is 0 Å². The number of halogens is 2. The smallest absolute Gasteiger partial charge is 0.220 e. The van der Waals surface area contributed by atoms with Crippen LogP contribution in [-0.4, -0.2) is 25.5 Å². The van der Waals surface area contributed by atoms with E-state index in [4.69, 9.17) is 0 Å². The first-order valence-electron chi connectivity index (χ1n) is 7.56. The van der Waals surface area contributed by atoms with Crippen molar-refractivity contribution < 1.29 is 13.6 Å². The predicted molar refractivity (Wildman–Crippen MR) is 77.9 cm³/mol. The Morgan fingerprint density at radius 1 is 1.33 bits per heavy atom. The van der Waals surface area contributed by atoms with Gasteiger partial charge in [-0.25, -0.2) is 8.78 Å². The monoisotopic (exact) mass is 296 g/mol. The molecule has 0 radical (unpaired) electrons. The first kappa shape index (κ1) is 15.9. The first-order chi connectivity index (χ1) is 10.1. The summed E-state index contributed by atoms with van der Waals surface area (Å²) >= 11 is 0. The van der Waals surface area contributed by atoms with Crippen LogP contribution in [0.2, 0.25) is 0 Å². The van der Waals surface area contributed by atoms with Crippen LogP contribution in [0.5, 0.6) is 0 Å². The van der Waals surface area contributed by atoms with Gasteiger partial charge in [0.2, 0.25) is 5.91 Å². The molecule has 1 amide bonds. The molecule has 0 aliphatic carbocycles. The Bertz CT molecular complexity index is 473.